The van der Waals surface area contributed by atoms with Gasteiger partial charge in [-0.05, 0) is 30.9 Å². The number of rotatable bonds is 6. The third-order valence-corrected chi connectivity index (χ3v) is 3.49. The van der Waals surface area contributed by atoms with Crippen LogP contribution in [0.3, 0.4) is 0 Å². The van der Waals surface area contributed by atoms with E-state index in [1.807, 2.05) is 6.07 Å². The lowest BCUT2D eigenvalue weighted by Crippen LogP contribution is -2.19. The second kappa shape index (κ2) is 5.70. The van der Waals surface area contributed by atoms with E-state index < -0.39 is 4.92 Å². The molecule has 19 heavy (non-hydrogen) atoms. The summed E-state index contributed by atoms with van der Waals surface area (Å²) in [6.07, 6.45) is 4.54. The lowest BCUT2D eigenvalue weighted by atomic mass is 10.1. The maximum atomic E-state index is 11.1. The van der Waals surface area contributed by atoms with E-state index in [2.05, 4.69) is 12.2 Å². The van der Waals surface area contributed by atoms with Crippen molar-refractivity contribution in [2.45, 2.75) is 38.6 Å². The van der Waals surface area contributed by atoms with Crippen LogP contribution in [0.2, 0.25) is 0 Å². The van der Waals surface area contributed by atoms with Crippen LogP contribution in [0.4, 0.5) is 11.4 Å². The van der Waals surface area contributed by atoms with Crippen LogP contribution < -0.4 is 5.32 Å². The van der Waals surface area contributed by atoms with Crippen molar-refractivity contribution in [2.24, 2.45) is 5.92 Å². The fourth-order valence-corrected chi connectivity index (χ4v) is 2.18. The van der Waals surface area contributed by atoms with Crippen LogP contribution in [0.5, 0.6) is 0 Å². The first-order valence-electron chi connectivity index (χ1n) is 6.59. The molecule has 1 saturated carbocycles. The van der Waals surface area contributed by atoms with Crippen molar-refractivity contribution in [2.75, 3.05) is 5.32 Å². The average molecular weight is 259 g/mol. The van der Waals surface area contributed by atoms with Crippen LogP contribution in [0, 0.1) is 27.4 Å². The number of anilines is 1. The molecule has 1 unspecified atom stereocenters. The van der Waals surface area contributed by atoms with Crippen molar-refractivity contribution in [3.8, 4) is 6.07 Å². The number of hydrogen-bond acceptors (Lipinski definition) is 4. The summed E-state index contributed by atoms with van der Waals surface area (Å²) >= 11 is 0. The molecule has 1 fully saturated rings. The van der Waals surface area contributed by atoms with E-state index >= 15 is 0 Å². The molecule has 0 radical (unpaired) electrons. The number of hydrogen-bond donors (Lipinski definition) is 1. The zero-order valence-electron chi connectivity index (χ0n) is 10.9. The molecule has 1 N–H and O–H groups in total. The maximum absolute atomic E-state index is 11.1. The summed E-state index contributed by atoms with van der Waals surface area (Å²) in [7, 11) is 0. The molecule has 0 bridgehead atoms. The van der Waals surface area contributed by atoms with E-state index in [1.54, 1.807) is 12.1 Å². The van der Waals surface area contributed by atoms with Gasteiger partial charge in [-0.15, -0.1) is 0 Å². The quantitative estimate of drug-likeness (QED) is 0.626. The van der Waals surface area contributed by atoms with Crippen molar-refractivity contribution >= 4 is 11.4 Å². The van der Waals surface area contributed by atoms with Crippen molar-refractivity contribution in [3.63, 3.8) is 0 Å². The van der Waals surface area contributed by atoms with E-state index in [4.69, 9.17) is 5.26 Å². The molecule has 0 aromatic heterocycles. The highest BCUT2D eigenvalue weighted by Crippen LogP contribution is 2.35. The number of nitriles is 1. The van der Waals surface area contributed by atoms with Gasteiger partial charge in [0.05, 0.1) is 16.6 Å². The van der Waals surface area contributed by atoms with Crippen molar-refractivity contribution in [1.82, 2.24) is 0 Å². The summed E-state index contributed by atoms with van der Waals surface area (Å²) in [6, 6.07) is 6.76. The largest absolute Gasteiger partial charge is 0.377 e. The number of nitro groups is 1. The summed E-state index contributed by atoms with van der Waals surface area (Å²) in [4.78, 5) is 10.6. The van der Waals surface area contributed by atoms with Crippen LogP contribution in [0.25, 0.3) is 0 Å². The van der Waals surface area contributed by atoms with E-state index in [9.17, 15) is 10.1 Å². The summed E-state index contributed by atoms with van der Waals surface area (Å²) < 4.78 is 0. The summed E-state index contributed by atoms with van der Waals surface area (Å²) in [5.41, 5.74) is 0.803. The Labute approximate surface area is 112 Å². The number of benzene rings is 1. The Balaban J connectivity index is 2.17. The number of nitrogens with one attached hydrogen (secondary N) is 1. The molecular weight excluding hydrogens is 242 g/mol. The van der Waals surface area contributed by atoms with E-state index in [1.165, 1.54) is 18.9 Å². The predicted octanol–water partition coefficient (Wildman–Crippen LogP) is 3.46. The lowest BCUT2D eigenvalue weighted by molar-refractivity contribution is -0.384. The minimum atomic E-state index is -0.437. The van der Waals surface area contributed by atoms with Gasteiger partial charge in [-0.2, -0.15) is 5.26 Å². The zero-order valence-corrected chi connectivity index (χ0v) is 10.9. The Morgan fingerprint density at radius 3 is 2.84 bits per heavy atom. The summed E-state index contributed by atoms with van der Waals surface area (Å²) in [5, 5.41) is 23.1. The first kappa shape index (κ1) is 13.3. The Morgan fingerprint density at radius 1 is 1.58 bits per heavy atom. The minimum absolute atomic E-state index is 0.0201. The molecule has 2 rings (SSSR count). The Hall–Kier alpha value is -2.09. The van der Waals surface area contributed by atoms with Gasteiger partial charge < -0.3 is 5.32 Å². The third kappa shape index (κ3) is 3.44. The van der Waals surface area contributed by atoms with Crippen LogP contribution in [0.1, 0.15) is 38.2 Å². The van der Waals surface area contributed by atoms with Gasteiger partial charge in [-0.1, -0.05) is 19.8 Å². The van der Waals surface area contributed by atoms with Gasteiger partial charge in [-0.25, -0.2) is 0 Å². The topological polar surface area (TPSA) is 79.0 Å². The molecule has 1 aromatic rings. The van der Waals surface area contributed by atoms with Gasteiger partial charge in [0.25, 0.3) is 5.69 Å². The molecule has 0 heterocycles. The molecule has 1 aliphatic carbocycles. The summed E-state index contributed by atoms with van der Waals surface area (Å²) in [5.74, 6) is 0.773. The van der Waals surface area contributed by atoms with Crippen LogP contribution in [-0.2, 0) is 0 Å². The molecule has 5 nitrogen and oxygen atoms in total. The molecule has 0 saturated heterocycles. The highest BCUT2D eigenvalue weighted by molar-refractivity contribution is 5.64. The Bertz CT molecular complexity index is 518. The fourth-order valence-electron chi connectivity index (χ4n) is 2.18. The first-order valence-corrected chi connectivity index (χ1v) is 6.59. The van der Waals surface area contributed by atoms with E-state index in [-0.39, 0.29) is 11.7 Å². The highest BCUT2D eigenvalue weighted by Gasteiger charge is 2.26. The number of nitrogens with zero attached hydrogens (tertiary/aromatic N) is 2. The predicted molar refractivity (Wildman–Crippen MR) is 72.9 cm³/mol. The third-order valence-electron chi connectivity index (χ3n) is 3.49. The van der Waals surface area contributed by atoms with Gasteiger partial charge in [0.1, 0.15) is 5.69 Å². The van der Waals surface area contributed by atoms with Gasteiger partial charge in [0.15, 0.2) is 0 Å². The smallest absolute Gasteiger partial charge is 0.293 e. The normalized spacial score (nSPS) is 15.6. The molecule has 100 valence electrons. The number of nitro benzene ring substituents is 1. The van der Waals surface area contributed by atoms with Crippen LogP contribution in [-0.4, -0.2) is 11.0 Å². The van der Waals surface area contributed by atoms with E-state index in [0.29, 0.717) is 11.3 Å². The SMILES string of the molecule is CCC(CC1CC1)Nc1ccc(C#N)cc1[N+](=O)[O-]. The second-order valence-corrected chi connectivity index (χ2v) is 5.03. The standard InChI is InChI=1S/C14H17N3O2/c1-2-12(7-10-3-4-10)16-13-6-5-11(9-15)8-14(13)17(18)19/h5-6,8,10,12,16H,2-4,7H2,1H3. The first-order chi connectivity index (χ1) is 9.13. The molecule has 1 aromatic carbocycles. The second-order valence-electron chi connectivity index (χ2n) is 5.03. The van der Waals surface area contributed by atoms with Crippen LogP contribution >= 0.6 is 0 Å². The lowest BCUT2D eigenvalue weighted by Gasteiger charge is -2.18. The molecule has 1 aliphatic rings. The minimum Gasteiger partial charge on any atom is -0.377 e. The highest BCUT2D eigenvalue weighted by atomic mass is 16.6. The van der Waals surface area contributed by atoms with Crippen molar-refractivity contribution < 1.29 is 4.92 Å². The van der Waals surface area contributed by atoms with Crippen LogP contribution in [0.15, 0.2) is 18.2 Å². The van der Waals surface area contributed by atoms with Gasteiger partial charge in [0, 0.05) is 12.1 Å². The van der Waals surface area contributed by atoms with Crippen molar-refractivity contribution in [1.29, 1.82) is 5.26 Å². The average Bonchev–Trinajstić information content (AvgIpc) is 3.22. The zero-order chi connectivity index (χ0) is 13.8. The van der Waals surface area contributed by atoms with Crippen molar-refractivity contribution in [3.05, 3.63) is 33.9 Å². The fraction of sp³-hybridized carbons (Fsp3) is 0.500. The molecular formula is C14H17N3O2. The molecule has 0 spiro atoms. The molecule has 0 aliphatic heterocycles. The molecule has 5 heteroatoms. The maximum Gasteiger partial charge on any atom is 0.293 e. The molecule has 0 amide bonds. The van der Waals surface area contributed by atoms with Gasteiger partial charge >= 0.3 is 0 Å². The monoisotopic (exact) mass is 259 g/mol. The Morgan fingerprint density at radius 2 is 2.32 bits per heavy atom. The van der Waals surface area contributed by atoms with E-state index in [0.717, 1.165) is 18.8 Å². The van der Waals surface area contributed by atoms with Gasteiger partial charge in [0.2, 0.25) is 0 Å². The molecule has 1 atom stereocenters. The Kier molecular flexibility index (Phi) is 4.00. The summed E-state index contributed by atoms with van der Waals surface area (Å²) in [6.45, 7) is 2.08. The van der Waals surface area contributed by atoms with Gasteiger partial charge in [-0.3, -0.25) is 10.1 Å².